The van der Waals surface area contributed by atoms with Gasteiger partial charge < -0.3 is 5.73 Å². The van der Waals surface area contributed by atoms with E-state index in [0.717, 1.165) is 0 Å². The highest BCUT2D eigenvalue weighted by atomic mass is 19.1. The summed E-state index contributed by atoms with van der Waals surface area (Å²) in [5, 5.41) is 0. The third-order valence-electron chi connectivity index (χ3n) is 3.13. The Hall–Kier alpha value is -0.110. The van der Waals surface area contributed by atoms with Gasteiger partial charge in [0.05, 0.1) is 0 Å². The number of halogens is 1. The maximum atomic E-state index is 13.8. The van der Waals surface area contributed by atoms with Gasteiger partial charge in [-0.15, -0.1) is 0 Å². The van der Waals surface area contributed by atoms with Gasteiger partial charge in [-0.3, -0.25) is 0 Å². The SMILES string of the molecule is CCC(F)(CN)CC1CCCC1. The molecule has 1 nitrogen and oxygen atoms in total. The van der Waals surface area contributed by atoms with Gasteiger partial charge >= 0.3 is 0 Å². The van der Waals surface area contributed by atoms with Crippen LogP contribution in [0.25, 0.3) is 0 Å². The van der Waals surface area contributed by atoms with Gasteiger partial charge in [-0.05, 0) is 18.8 Å². The van der Waals surface area contributed by atoms with Crippen LogP contribution in [0.2, 0.25) is 0 Å². The molecular formula is C10H20FN. The Bertz CT molecular complexity index is 126. The predicted molar refractivity (Wildman–Crippen MR) is 49.8 cm³/mol. The van der Waals surface area contributed by atoms with Crippen molar-refractivity contribution in [1.29, 1.82) is 0 Å². The Kier molecular flexibility index (Phi) is 3.51. The highest BCUT2D eigenvalue weighted by Crippen LogP contribution is 2.34. The molecule has 0 aromatic rings. The summed E-state index contributed by atoms with van der Waals surface area (Å²) in [6, 6.07) is 0. The lowest BCUT2D eigenvalue weighted by atomic mass is 9.89. The van der Waals surface area contributed by atoms with Gasteiger partial charge in [0.1, 0.15) is 5.67 Å². The zero-order valence-corrected chi connectivity index (χ0v) is 7.98. The van der Waals surface area contributed by atoms with E-state index in [4.69, 9.17) is 5.73 Å². The Morgan fingerprint density at radius 3 is 2.42 bits per heavy atom. The lowest BCUT2D eigenvalue weighted by Crippen LogP contribution is -2.34. The summed E-state index contributed by atoms with van der Waals surface area (Å²) in [7, 11) is 0. The normalized spacial score (nSPS) is 24.2. The van der Waals surface area contributed by atoms with E-state index in [1.165, 1.54) is 25.7 Å². The van der Waals surface area contributed by atoms with Crippen LogP contribution in [-0.4, -0.2) is 12.2 Å². The standard InChI is InChI=1S/C10H20FN/c1-2-10(11,8-12)7-9-5-3-4-6-9/h9H,2-8,12H2,1H3. The van der Waals surface area contributed by atoms with Crippen molar-refractivity contribution in [2.45, 2.75) is 51.1 Å². The molecule has 0 bridgehead atoms. The molecule has 0 saturated heterocycles. The van der Waals surface area contributed by atoms with Gasteiger partial charge in [-0.1, -0.05) is 32.6 Å². The smallest absolute Gasteiger partial charge is 0.123 e. The third-order valence-corrected chi connectivity index (χ3v) is 3.13. The number of alkyl halides is 1. The van der Waals surface area contributed by atoms with Crippen molar-refractivity contribution in [3.05, 3.63) is 0 Å². The predicted octanol–water partition coefficient (Wildman–Crippen LogP) is 2.64. The molecule has 0 aromatic heterocycles. The van der Waals surface area contributed by atoms with Crippen LogP contribution in [0.1, 0.15) is 45.4 Å². The van der Waals surface area contributed by atoms with Crippen LogP contribution in [0.4, 0.5) is 4.39 Å². The van der Waals surface area contributed by atoms with Crippen molar-refractivity contribution in [1.82, 2.24) is 0 Å². The molecule has 1 unspecified atom stereocenters. The minimum Gasteiger partial charge on any atom is -0.328 e. The second-order valence-electron chi connectivity index (χ2n) is 4.06. The minimum atomic E-state index is -1.07. The highest BCUT2D eigenvalue weighted by molar-refractivity contribution is 4.83. The maximum absolute atomic E-state index is 13.8. The van der Waals surface area contributed by atoms with Crippen molar-refractivity contribution < 1.29 is 4.39 Å². The molecule has 0 amide bonds. The van der Waals surface area contributed by atoms with Crippen LogP contribution in [0.3, 0.4) is 0 Å². The van der Waals surface area contributed by atoms with E-state index in [1.54, 1.807) is 0 Å². The molecule has 1 rings (SSSR count). The van der Waals surface area contributed by atoms with Crippen molar-refractivity contribution in [3.8, 4) is 0 Å². The lowest BCUT2D eigenvalue weighted by molar-refractivity contribution is 0.127. The average molecular weight is 173 g/mol. The molecule has 1 aliphatic rings. The number of nitrogens with two attached hydrogens (primary N) is 1. The van der Waals surface area contributed by atoms with Gasteiger partial charge in [0, 0.05) is 6.54 Å². The van der Waals surface area contributed by atoms with E-state index >= 15 is 0 Å². The van der Waals surface area contributed by atoms with Crippen LogP contribution in [0.5, 0.6) is 0 Å². The van der Waals surface area contributed by atoms with Crippen molar-refractivity contribution in [2.75, 3.05) is 6.54 Å². The number of rotatable bonds is 4. The summed E-state index contributed by atoms with van der Waals surface area (Å²) in [5.41, 5.74) is 4.35. The van der Waals surface area contributed by atoms with Crippen LogP contribution in [-0.2, 0) is 0 Å². The van der Waals surface area contributed by atoms with E-state index in [0.29, 0.717) is 18.8 Å². The zero-order chi connectivity index (χ0) is 9.03. The number of hydrogen-bond acceptors (Lipinski definition) is 1. The largest absolute Gasteiger partial charge is 0.328 e. The minimum absolute atomic E-state index is 0.194. The zero-order valence-electron chi connectivity index (χ0n) is 7.98. The Balaban J connectivity index is 2.35. The first kappa shape index (κ1) is 9.97. The first-order chi connectivity index (χ1) is 5.70. The molecule has 2 N–H and O–H groups in total. The topological polar surface area (TPSA) is 26.0 Å². The summed E-state index contributed by atoms with van der Waals surface area (Å²) in [6.45, 7) is 2.09. The Labute approximate surface area is 74.5 Å². The molecule has 0 aromatic carbocycles. The molecule has 1 saturated carbocycles. The molecule has 0 aliphatic heterocycles. The van der Waals surface area contributed by atoms with E-state index in [1.807, 2.05) is 6.92 Å². The van der Waals surface area contributed by atoms with Crippen LogP contribution in [0, 0.1) is 5.92 Å². The fourth-order valence-electron chi connectivity index (χ4n) is 2.10. The first-order valence-electron chi connectivity index (χ1n) is 5.09. The van der Waals surface area contributed by atoms with Gasteiger partial charge in [0.25, 0.3) is 0 Å². The lowest BCUT2D eigenvalue weighted by Gasteiger charge is -2.25. The molecule has 72 valence electrons. The summed E-state index contributed by atoms with van der Waals surface area (Å²) in [5.74, 6) is 0.610. The quantitative estimate of drug-likeness (QED) is 0.695. The fourth-order valence-corrected chi connectivity index (χ4v) is 2.10. The van der Waals surface area contributed by atoms with Crippen LogP contribution in [0.15, 0.2) is 0 Å². The van der Waals surface area contributed by atoms with Gasteiger partial charge in [0.2, 0.25) is 0 Å². The molecule has 1 fully saturated rings. The van der Waals surface area contributed by atoms with Gasteiger partial charge in [0.15, 0.2) is 0 Å². The fraction of sp³-hybridized carbons (Fsp3) is 1.00. The van der Waals surface area contributed by atoms with Crippen LogP contribution < -0.4 is 5.73 Å². The van der Waals surface area contributed by atoms with Crippen molar-refractivity contribution in [2.24, 2.45) is 11.7 Å². The molecule has 1 aliphatic carbocycles. The maximum Gasteiger partial charge on any atom is 0.123 e. The second-order valence-corrected chi connectivity index (χ2v) is 4.06. The van der Waals surface area contributed by atoms with E-state index < -0.39 is 5.67 Å². The average Bonchev–Trinajstić information content (AvgIpc) is 2.57. The van der Waals surface area contributed by atoms with Crippen molar-refractivity contribution in [3.63, 3.8) is 0 Å². The van der Waals surface area contributed by atoms with Gasteiger partial charge in [-0.25, -0.2) is 4.39 Å². The molecule has 0 heterocycles. The third kappa shape index (κ3) is 2.44. The summed E-state index contributed by atoms with van der Waals surface area (Å²) in [6.07, 6.45) is 6.27. The Morgan fingerprint density at radius 1 is 1.42 bits per heavy atom. The summed E-state index contributed by atoms with van der Waals surface area (Å²) >= 11 is 0. The Morgan fingerprint density at radius 2 is 2.00 bits per heavy atom. The molecular weight excluding hydrogens is 153 g/mol. The molecule has 2 heteroatoms. The molecule has 12 heavy (non-hydrogen) atoms. The first-order valence-corrected chi connectivity index (χ1v) is 5.09. The second kappa shape index (κ2) is 4.22. The monoisotopic (exact) mass is 173 g/mol. The van der Waals surface area contributed by atoms with Gasteiger partial charge in [-0.2, -0.15) is 0 Å². The van der Waals surface area contributed by atoms with E-state index in [-0.39, 0.29) is 6.54 Å². The molecule has 0 radical (unpaired) electrons. The molecule has 0 spiro atoms. The van der Waals surface area contributed by atoms with Crippen molar-refractivity contribution >= 4 is 0 Å². The van der Waals surface area contributed by atoms with E-state index in [9.17, 15) is 4.39 Å². The van der Waals surface area contributed by atoms with Crippen LogP contribution >= 0.6 is 0 Å². The molecule has 1 atom stereocenters. The summed E-state index contributed by atoms with van der Waals surface area (Å²) < 4.78 is 13.8. The summed E-state index contributed by atoms with van der Waals surface area (Å²) in [4.78, 5) is 0. The highest BCUT2D eigenvalue weighted by Gasteiger charge is 2.30. The van der Waals surface area contributed by atoms with E-state index in [2.05, 4.69) is 0 Å². The number of hydrogen-bond donors (Lipinski definition) is 1.